The Hall–Kier alpha value is -2.83. The highest BCUT2D eigenvalue weighted by Crippen LogP contribution is 2.33. The Labute approximate surface area is 187 Å². The minimum atomic E-state index is -1.17. The smallest absolute Gasteiger partial charge is 0.305 e. The summed E-state index contributed by atoms with van der Waals surface area (Å²) in [5, 5.41) is 28.8. The summed E-state index contributed by atoms with van der Waals surface area (Å²) in [5.74, 6) is -1.80. The van der Waals surface area contributed by atoms with E-state index in [9.17, 15) is 23.8 Å². The van der Waals surface area contributed by atoms with Gasteiger partial charge in [-0.3, -0.25) is 4.79 Å². The van der Waals surface area contributed by atoms with Crippen LogP contribution in [-0.2, 0) is 4.79 Å². The number of allylic oxidation sites excluding steroid dienone is 2. The molecule has 0 radical (unpaired) electrons. The lowest BCUT2D eigenvalue weighted by atomic mass is 9.86. The van der Waals surface area contributed by atoms with Gasteiger partial charge in [-0.1, -0.05) is 38.1 Å². The van der Waals surface area contributed by atoms with Gasteiger partial charge in [0.05, 0.1) is 18.6 Å². The van der Waals surface area contributed by atoms with Crippen LogP contribution in [0.5, 0.6) is 0 Å². The van der Waals surface area contributed by atoms with E-state index in [4.69, 9.17) is 5.11 Å². The molecule has 0 heterocycles. The fourth-order valence-corrected chi connectivity index (χ4v) is 3.52. The Morgan fingerprint density at radius 3 is 1.88 bits per heavy atom. The van der Waals surface area contributed by atoms with Crippen LogP contribution < -0.4 is 0 Å². The summed E-state index contributed by atoms with van der Waals surface area (Å²) in [6.07, 6.45) is 0.450. The highest BCUT2D eigenvalue weighted by atomic mass is 19.1. The molecule has 2 rings (SSSR count). The first-order valence-electron chi connectivity index (χ1n) is 10.5. The molecular formula is C26H30F2O4. The first-order valence-corrected chi connectivity index (χ1v) is 10.5. The monoisotopic (exact) mass is 444 g/mol. The van der Waals surface area contributed by atoms with Crippen LogP contribution in [0.15, 0.2) is 54.1 Å². The maximum atomic E-state index is 13.9. The van der Waals surface area contributed by atoms with E-state index in [1.165, 1.54) is 18.2 Å². The normalized spacial score (nSPS) is 13.4. The van der Waals surface area contributed by atoms with E-state index in [0.717, 1.165) is 22.3 Å². The molecule has 0 aliphatic carbocycles. The third-order valence-electron chi connectivity index (χ3n) is 5.23. The van der Waals surface area contributed by atoms with E-state index in [-0.39, 0.29) is 24.0 Å². The standard InChI is InChI=1S/C26H30F2O4/c1-15(2)22(8-7-20(29)13-21(30)14-25(31)32)26(18-5-9-23(27)16(3)11-18)19-6-10-24(28)17(4)12-19/h5-12,15,20-21,29-30H,13-14H2,1-4H3,(H,31,32)/t20-,21-/m1/s1. The zero-order valence-electron chi connectivity index (χ0n) is 18.8. The maximum absolute atomic E-state index is 13.9. The highest BCUT2D eigenvalue weighted by molar-refractivity contribution is 5.84. The van der Waals surface area contributed by atoms with E-state index in [1.54, 1.807) is 44.2 Å². The third-order valence-corrected chi connectivity index (χ3v) is 5.23. The van der Waals surface area contributed by atoms with Gasteiger partial charge in [0.1, 0.15) is 11.6 Å². The van der Waals surface area contributed by atoms with Crippen LogP contribution in [0.1, 0.15) is 48.9 Å². The van der Waals surface area contributed by atoms with Crippen molar-refractivity contribution in [3.63, 3.8) is 0 Å². The van der Waals surface area contributed by atoms with Gasteiger partial charge in [0.2, 0.25) is 0 Å². The Morgan fingerprint density at radius 2 is 1.47 bits per heavy atom. The molecular weight excluding hydrogens is 414 g/mol. The zero-order chi connectivity index (χ0) is 24.0. The van der Waals surface area contributed by atoms with E-state index in [0.29, 0.717) is 11.1 Å². The fraction of sp³-hybridized carbons (Fsp3) is 0.346. The molecule has 172 valence electrons. The molecule has 6 heteroatoms. The van der Waals surface area contributed by atoms with Crippen molar-refractivity contribution < 1.29 is 28.9 Å². The average molecular weight is 445 g/mol. The summed E-state index contributed by atoms with van der Waals surface area (Å²) in [5.41, 5.74) is 4.06. The van der Waals surface area contributed by atoms with Gasteiger partial charge < -0.3 is 15.3 Å². The van der Waals surface area contributed by atoms with E-state index < -0.39 is 24.6 Å². The van der Waals surface area contributed by atoms with Crippen LogP contribution in [0.25, 0.3) is 5.57 Å². The molecule has 0 aromatic heterocycles. The van der Waals surface area contributed by atoms with Gasteiger partial charge >= 0.3 is 5.97 Å². The molecule has 0 bridgehead atoms. The first-order chi connectivity index (χ1) is 15.0. The highest BCUT2D eigenvalue weighted by Gasteiger charge is 2.17. The number of halogens is 2. The molecule has 0 spiro atoms. The number of benzene rings is 2. The first kappa shape index (κ1) is 25.4. The number of aryl methyl sites for hydroxylation is 2. The van der Waals surface area contributed by atoms with Crippen LogP contribution >= 0.6 is 0 Å². The number of carbonyl (C=O) groups is 1. The summed E-state index contributed by atoms with van der Waals surface area (Å²) in [6.45, 7) is 7.28. The van der Waals surface area contributed by atoms with E-state index >= 15 is 0 Å². The second-order valence-electron chi connectivity index (χ2n) is 8.33. The Bertz CT molecular complexity index is 971. The zero-order valence-corrected chi connectivity index (χ0v) is 18.8. The van der Waals surface area contributed by atoms with Crippen molar-refractivity contribution in [3.8, 4) is 0 Å². The number of aliphatic hydroxyl groups excluding tert-OH is 2. The summed E-state index contributed by atoms with van der Waals surface area (Å²) in [6, 6.07) is 9.57. The summed E-state index contributed by atoms with van der Waals surface area (Å²) in [4.78, 5) is 10.7. The number of aliphatic carboxylic acids is 1. The Kier molecular flexibility index (Phi) is 8.87. The predicted octanol–water partition coefficient (Wildman–Crippen LogP) is 5.18. The molecule has 0 amide bonds. The molecule has 0 aliphatic heterocycles. The number of rotatable bonds is 9. The van der Waals surface area contributed by atoms with Gasteiger partial charge in [-0.15, -0.1) is 0 Å². The fourth-order valence-electron chi connectivity index (χ4n) is 3.52. The lowest BCUT2D eigenvalue weighted by molar-refractivity contribution is -0.139. The lowest BCUT2D eigenvalue weighted by Crippen LogP contribution is -2.19. The molecule has 0 unspecified atom stereocenters. The van der Waals surface area contributed by atoms with Gasteiger partial charge in [-0.05, 0) is 77.4 Å². The van der Waals surface area contributed by atoms with Crippen molar-refractivity contribution in [2.45, 2.75) is 52.7 Å². The average Bonchev–Trinajstić information content (AvgIpc) is 2.68. The van der Waals surface area contributed by atoms with Crippen LogP contribution in [0.2, 0.25) is 0 Å². The van der Waals surface area contributed by atoms with Crippen molar-refractivity contribution in [1.29, 1.82) is 0 Å². The van der Waals surface area contributed by atoms with Crippen LogP contribution in [0.4, 0.5) is 8.78 Å². The van der Waals surface area contributed by atoms with Gasteiger partial charge in [-0.2, -0.15) is 0 Å². The SMILES string of the molecule is Cc1cc(C(=C(C=C[C@@H](O)C[C@@H](O)CC(=O)O)C(C)C)c2ccc(F)c(C)c2)ccc1F. The number of hydrogen-bond acceptors (Lipinski definition) is 3. The predicted molar refractivity (Wildman–Crippen MR) is 121 cm³/mol. The number of carboxylic acid groups (broad SMARTS) is 1. The number of aliphatic hydroxyl groups is 2. The van der Waals surface area contributed by atoms with Crippen LogP contribution in [0, 0.1) is 31.4 Å². The lowest BCUT2D eigenvalue weighted by Gasteiger charge is -2.19. The van der Waals surface area contributed by atoms with Gasteiger partial charge in [0, 0.05) is 6.42 Å². The number of carboxylic acids is 1. The van der Waals surface area contributed by atoms with E-state index in [1.807, 2.05) is 13.8 Å². The molecule has 0 saturated heterocycles. The maximum Gasteiger partial charge on any atom is 0.305 e. The minimum Gasteiger partial charge on any atom is -0.481 e. The quantitative estimate of drug-likeness (QED) is 0.466. The second-order valence-corrected chi connectivity index (χ2v) is 8.33. The molecule has 0 aliphatic rings. The van der Waals surface area contributed by atoms with Crippen molar-refractivity contribution in [3.05, 3.63) is 88.0 Å². The van der Waals surface area contributed by atoms with E-state index in [2.05, 4.69) is 0 Å². The molecule has 3 N–H and O–H groups in total. The largest absolute Gasteiger partial charge is 0.481 e. The molecule has 0 fully saturated rings. The van der Waals surface area contributed by atoms with Crippen molar-refractivity contribution >= 4 is 11.5 Å². The van der Waals surface area contributed by atoms with Crippen molar-refractivity contribution in [1.82, 2.24) is 0 Å². The van der Waals surface area contributed by atoms with Gasteiger partial charge in [0.25, 0.3) is 0 Å². The van der Waals surface area contributed by atoms with Gasteiger partial charge in [-0.25, -0.2) is 8.78 Å². The summed E-state index contributed by atoms with van der Waals surface area (Å²) >= 11 is 0. The molecule has 2 atom stereocenters. The van der Waals surface area contributed by atoms with Crippen molar-refractivity contribution in [2.75, 3.05) is 0 Å². The Balaban J connectivity index is 2.58. The van der Waals surface area contributed by atoms with Gasteiger partial charge in [0.15, 0.2) is 0 Å². The van der Waals surface area contributed by atoms with Crippen LogP contribution in [-0.4, -0.2) is 33.5 Å². The van der Waals surface area contributed by atoms with Crippen molar-refractivity contribution in [2.24, 2.45) is 5.92 Å². The van der Waals surface area contributed by atoms with Crippen LogP contribution in [0.3, 0.4) is 0 Å². The molecule has 2 aromatic carbocycles. The minimum absolute atomic E-state index is 0.00638. The topological polar surface area (TPSA) is 77.8 Å². The summed E-state index contributed by atoms with van der Waals surface area (Å²) in [7, 11) is 0. The Morgan fingerprint density at radius 1 is 0.969 bits per heavy atom. The summed E-state index contributed by atoms with van der Waals surface area (Å²) < 4.78 is 27.9. The molecule has 2 aromatic rings. The third kappa shape index (κ3) is 6.84. The molecule has 32 heavy (non-hydrogen) atoms. The molecule has 0 saturated carbocycles. The second kappa shape index (κ2) is 11.2. The number of hydrogen-bond donors (Lipinski definition) is 3. The molecule has 4 nitrogen and oxygen atoms in total.